The summed E-state index contributed by atoms with van der Waals surface area (Å²) in [5.74, 6) is -0.292. The second-order valence-electron chi connectivity index (χ2n) is 5.13. The van der Waals surface area contributed by atoms with Crippen LogP contribution in [-0.2, 0) is 4.79 Å². The number of imide groups is 1. The number of nitrogens with two attached hydrogens (primary N) is 1. The summed E-state index contributed by atoms with van der Waals surface area (Å²) in [5.41, 5.74) is 6.32. The fraction of sp³-hybridized carbons (Fsp3) is 0.538. The Bertz CT molecular complexity index is 444. The summed E-state index contributed by atoms with van der Waals surface area (Å²) in [6.45, 7) is 3.92. The minimum Gasteiger partial charge on any atom is -0.357 e. The highest BCUT2D eigenvalue weighted by atomic mass is 16.2. The summed E-state index contributed by atoms with van der Waals surface area (Å²) in [7, 11) is 0. The molecule has 1 aromatic heterocycles. The van der Waals surface area contributed by atoms with Gasteiger partial charge in [-0.05, 0) is 24.5 Å². The quantitative estimate of drug-likeness (QED) is 0.713. The zero-order valence-corrected chi connectivity index (χ0v) is 11.1. The minimum atomic E-state index is -0.392. The predicted molar refractivity (Wildman–Crippen MR) is 71.5 cm³/mol. The smallest absolute Gasteiger partial charge is 0.274 e. The standard InChI is InChI=1S/C13H20N4O2/c1-9-7-17(6-4-10(9)14)8-12(18)16-13(19)11-3-2-5-15-11/h2-3,5,9-10,15H,4,6-8,14H2,1H3,(H,16,18,19). The van der Waals surface area contributed by atoms with Gasteiger partial charge in [0.15, 0.2) is 0 Å². The summed E-state index contributed by atoms with van der Waals surface area (Å²) >= 11 is 0. The van der Waals surface area contributed by atoms with Crippen LogP contribution in [0, 0.1) is 5.92 Å². The van der Waals surface area contributed by atoms with Gasteiger partial charge in [-0.25, -0.2) is 0 Å². The molecule has 1 aromatic rings. The van der Waals surface area contributed by atoms with E-state index in [2.05, 4.69) is 17.2 Å². The van der Waals surface area contributed by atoms with Crippen molar-refractivity contribution in [2.24, 2.45) is 11.7 Å². The predicted octanol–water partition coefficient (Wildman–Crippen LogP) is -0.0598. The first-order valence-electron chi connectivity index (χ1n) is 6.52. The number of carbonyl (C=O) groups excluding carboxylic acids is 2. The third-order valence-electron chi connectivity index (χ3n) is 3.52. The van der Waals surface area contributed by atoms with E-state index in [1.807, 2.05) is 4.90 Å². The number of aromatic nitrogens is 1. The van der Waals surface area contributed by atoms with Gasteiger partial charge in [-0.3, -0.25) is 19.8 Å². The Labute approximate surface area is 112 Å². The molecule has 2 amide bonds. The van der Waals surface area contributed by atoms with E-state index in [0.29, 0.717) is 11.6 Å². The van der Waals surface area contributed by atoms with Crippen molar-refractivity contribution in [2.45, 2.75) is 19.4 Å². The molecule has 0 aliphatic carbocycles. The lowest BCUT2D eigenvalue weighted by molar-refractivity contribution is -0.121. The number of nitrogens with one attached hydrogen (secondary N) is 2. The molecule has 1 aliphatic rings. The first-order chi connectivity index (χ1) is 9.06. The number of amides is 2. The van der Waals surface area contributed by atoms with E-state index >= 15 is 0 Å². The molecule has 2 rings (SSSR count). The Hall–Kier alpha value is -1.66. The van der Waals surface area contributed by atoms with Crippen LogP contribution in [0.2, 0.25) is 0 Å². The molecule has 2 atom stereocenters. The number of hydrogen-bond donors (Lipinski definition) is 3. The number of piperidine rings is 1. The third-order valence-corrected chi connectivity index (χ3v) is 3.52. The van der Waals surface area contributed by atoms with E-state index in [1.54, 1.807) is 18.3 Å². The largest absolute Gasteiger partial charge is 0.357 e. The lowest BCUT2D eigenvalue weighted by atomic mass is 9.95. The molecule has 0 saturated carbocycles. The highest BCUT2D eigenvalue weighted by Crippen LogP contribution is 2.14. The van der Waals surface area contributed by atoms with Crippen LogP contribution in [0.3, 0.4) is 0 Å². The Kier molecular flexibility index (Phi) is 4.34. The fourth-order valence-corrected chi connectivity index (χ4v) is 2.30. The molecule has 4 N–H and O–H groups in total. The lowest BCUT2D eigenvalue weighted by Crippen LogP contribution is -2.49. The molecule has 0 bridgehead atoms. The Morgan fingerprint density at radius 3 is 3.00 bits per heavy atom. The number of hydrogen-bond acceptors (Lipinski definition) is 4. The molecule has 1 fully saturated rings. The molecule has 0 aromatic carbocycles. The number of H-pyrrole nitrogens is 1. The van der Waals surface area contributed by atoms with Gasteiger partial charge in [0.2, 0.25) is 5.91 Å². The summed E-state index contributed by atoms with van der Waals surface area (Å²) in [4.78, 5) is 28.3. The maximum absolute atomic E-state index is 11.8. The zero-order valence-electron chi connectivity index (χ0n) is 11.1. The number of rotatable bonds is 3. The van der Waals surface area contributed by atoms with Gasteiger partial charge >= 0.3 is 0 Å². The summed E-state index contributed by atoms with van der Waals surface area (Å²) in [6.07, 6.45) is 2.53. The van der Waals surface area contributed by atoms with Crippen LogP contribution in [0.25, 0.3) is 0 Å². The highest BCUT2D eigenvalue weighted by Gasteiger charge is 2.24. The summed E-state index contributed by atoms with van der Waals surface area (Å²) in [5, 5.41) is 2.37. The van der Waals surface area contributed by atoms with Crippen LogP contribution in [0.1, 0.15) is 23.8 Å². The fourth-order valence-electron chi connectivity index (χ4n) is 2.30. The summed E-state index contributed by atoms with van der Waals surface area (Å²) in [6, 6.07) is 3.55. The molecule has 104 valence electrons. The van der Waals surface area contributed by atoms with Gasteiger partial charge in [0.05, 0.1) is 6.54 Å². The average molecular weight is 264 g/mol. The Balaban J connectivity index is 1.80. The van der Waals surface area contributed by atoms with Gasteiger partial charge in [-0.15, -0.1) is 0 Å². The molecule has 1 aliphatic heterocycles. The van der Waals surface area contributed by atoms with Crippen LogP contribution in [-0.4, -0.2) is 47.4 Å². The second kappa shape index (κ2) is 5.99. The van der Waals surface area contributed by atoms with E-state index in [4.69, 9.17) is 5.73 Å². The molecule has 0 radical (unpaired) electrons. The van der Waals surface area contributed by atoms with Crippen LogP contribution < -0.4 is 11.1 Å². The van der Waals surface area contributed by atoms with Crippen LogP contribution >= 0.6 is 0 Å². The van der Waals surface area contributed by atoms with E-state index in [-0.39, 0.29) is 18.5 Å². The maximum atomic E-state index is 11.8. The third kappa shape index (κ3) is 3.65. The number of aromatic amines is 1. The van der Waals surface area contributed by atoms with Crippen LogP contribution in [0.5, 0.6) is 0 Å². The first-order valence-corrected chi connectivity index (χ1v) is 6.52. The van der Waals surface area contributed by atoms with Crippen molar-refractivity contribution >= 4 is 11.8 Å². The van der Waals surface area contributed by atoms with Gasteiger partial charge in [-0.2, -0.15) is 0 Å². The lowest BCUT2D eigenvalue weighted by Gasteiger charge is -2.34. The minimum absolute atomic E-state index is 0.208. The van der Waals surface area contributed by atoms with Gasteiger partial charge < -0.3 is 10.7 Å². The van der Waals surface area contributed by atoms with Gasteiger partial charge in [-0.1, -0.05) is 6.92 Å². The molecule has 19 heavy (non-hydrogen) atoms. The second-order valence-corrected chi connectivity index (χ2v) is 5.13. The normalized spacial score (nSPS) is 24.1. The van der Waals surface area contributed by atoms with Crippen molar-refractivity contribution in [3.63, 3.8) is 0 Å². The van der Waals surface area contributed by atoms with E-state index < -0.39 is 5.91 Å². The molecular weight excluding hydrogens is 244 g/mol. The Morgan fingerprint density at radius 2 is 2.37 bits per heavy atom. The topological polar surface area (TPSA) is 91.2 Å². The molecule has 0 spiro atoms. The Morgan fingerprint density at radius 1 is 1.58 bits per heavy atom. The van der Waals surface area contributed by atoms with Crippen LogP contribution in [0.4, 0.5) is 0 Å². The van der Waals surface area contributed by atoms with Crippen molar-refractivity contribution < 1.29 is 9.59 Å². The van der Waals surface area contributed by atoms with Gasteiger partial charge in [0, 0.05) is 25.3 Å². The monoisotopic (exact) mass is 264 g/mol. The van der Waals surface area contributed by atoms with Crippen molar-refractivity contribution in [1.82, 2.24) is 15.2 Å². The molecule has 2 heterocycles. The SMILES string of the molecule is CC1CN(CC(=O)NC(=O)c2ccc[nH]2)CCC1N. The van der Waals surface area contributed by atoms with Crippen molar-refractivity contribution in [3.8, 4) is 0 Å². The van der Waals surface area contributed by atoms with Crippen LogP contribution in [0.15, 0.2) is 18.3 Å². The summed E-state index contributed by atoms with van der Waals surface area (Å²) < 4.78 is 0. The van der Waals surface area contributed by atoms with E-state index in [9.17, 15) is 9.59 Å². The van der Waals surface area contributed by atoms with Crippen molar-refractivity contribution in [1.29, 1.82) is 0 Å². The average Bonchev–Trinajstić information content (AvgIpc) is 2.87. The molecule has 6 heteroatoms. The molecule has 2 unspecified atom stereocenters. The zero-order chi connectivity index (χ0) is 13.8. The number of nitrogens with zero attached hydrogens (tertiary/aromatic N) is 1. The molecule has 6 nitrogen and oxygen atoms in total. The first kappa shape index (κ1) is 13.8. The van der Waals surface area contributed by atoms with Gasteiger partial charge in [0.1, 0.15) is 5.69 Å². The molecule has 1 saturated heterocycles. The number of carbonyl (C=O) groups is 2. The van der Waals surface area contributed by atoms with Gasteiger partial charge in [0.25, 0.3) is 5.91 Å². The highest BCUT2D eigenvalue weighted by molar-refractivity contribution is 6.04. The number of likely N-dealkylation sites (tertiary alicyclic amines) is 1. The maximum Gasteiger partial charge on any atom is 0.274 e. The van der Waals surface area contributed by atoms with Crippen molar-refractivity contribution in [3.05, 3.63) is 24.0 Å². The molecular formula is C13H20N4O2. The van der Waals surface area contributed by atoms with E-state index in [0.717, 1.165) is 19.5 Å². The van der Waals surface area contributed by atoms with Crippen molar-refractivity contribution in [2.75, 3.05) is 19.6 Å². The van der Waals surface area contributed by atoms with E-state index in [1.165, 1.54) is 0 Å².